The first-order valence-corrected chi connectivity index (χ1v) is 10.3. The molecule has 7 N–H and O–H groups in total. The third kappa shape index (κ3) is 3.30. The molecule has 3 atom stereocenters. The highest BCUT2D eigenvalue weighted by Crippen LogP contribution is 2.38. The summed E-state index contributed by atoms with van der Waals surface area (Å²) in [5, 5.41) is 3.04. The number of amides is 2. The van der Waals surface area contributed by atoms with Gasteiger partial charge in [-0.1, -0.05) is 6.92 Å². The monoisotopic (exact) mass is 415 g/mol. The molecule has 0 unspecified atom stereocenters. The van der Waals surface area contributed by atoms with Crippen LogP contribution in [-0.2, 0) is 0 Å². The zero-order valence-electron chi connectivity index (χ0n) is 17.3. The van der Waals surface area contributed by atoms with Gasteiger partial charge in [0.25, 0.3) is 5.56 Å². The molecule has 30 heavy (non-hydrogen) atoms. The van der Waals surface area contributed by atoms with Crippen molar-refractivity contribution in [2.24, 2.45) is 23.3 Å². The smallest absolute Gasteiger partial charge is 0.350 e. The van der Waals surface area contributed by atoms with E-state index in [1.54, 1.807) is 10.6 Å². The molecule has 10 nitrogen and oxygen atoms in total. The average Bonchev–Trinajstić information content (AvgIpc) is 3.46. The summed E-state index contributed by atoms with van der Waals surface area (Å²) in [5.74, 6) is 6.24. The average molecular weight is 415 g/mol. The number of primary amides is 1. The number of nitrogen functional groups attached to an aromatic ring is 1. The minimum Gasteiger partial charge on any atom is -0.371 e. The maximum atomic E-state index is 12.7. The topological polar surface area (TPSA) is 154 Å². The van der Waals surface area contributed by atoms with Crippen molar-refractivity contribution in [1.82, 2.24) is 14.6 Å². The second-order valence-electron chi connectivity index (χ2n) is 8.62. The molecule has 1 aromatic heterocycles. The van der Waals surface area contributed by atoms with Gasteiger partial charge in [-0.3, -0.25) is 9.36 Å². The van der Waals surface area contributed by atoms with Crippen molar-refractivity contribution >= 4 is 22.6 Å². The molecule has 1 aromatic carbocycles. The minimum atomic E-state index is -0.582. The van der Waals surface area contributed by atoms with E-state index in [0.29, 0.717) is 28.0 Å². The first-order chi connectivity index (χ1) is 14.2. The van der Waals surface area contributed by atoms with Crippen LogP contribution in [-0.4, -0.2) is 41.0 Å². The van der Waals surface area contributed by atoms with Crippen LogP contribution in [0.2, 0.25) is 0 Å². The second kappa shape index (κ2) is 7.35. The Hall–Kier alpha value is -3.01. The van der Waals surface area contributed by atoms with Crippen LogP contribution in [0.4, 0.5) is 10.5 Å². The lowest BCUT2D eigenvalue weighted by Crippen LogP contribution is -2.46. The molecule has 2 aromatic rings. The first-order valence-electron chi connectivity index (χ1n) is 10.3. The van der Waals surface area contributed by atoms with E-state index in [9.17, 15) is 14.4 Å². The van der Waals surface area contributed by atoms with Crippen LogP contribution >= 0.6 is 0 Å². The molecule has 0 bridgehead atoms. The molecule has 4 rings (SSSR count). The molecule has 2 aliphatic rings. The molecule has 162 valence electrons. The van der Waals surface area contributed by atoms with E-state index in [1.165, 1.54) is 0 Å². The van der Waals surface area contributed by atoms with Crippen LogP contribution in [0.25, 0.3) is 10.9 Å². The molecule has 1 aliphatic heterocycles. The Kier molecular flexibility index (Phi) is 4.97. The van der Waals surface area contributed by atoms with Gasteiger partial charge in [0.05, 0.1) is 10.9 Å². The number of nitrogens with zero attached hydrogens (tertiary/aromatic N) is 3. The Morgan fingerprint density at radius 3 is 2.60 bits per heavy atom. The lowest BCUT2D eigenvalue weighted by Gasteiger charge is -2.25. The number of carbonyl (C=O) groups excluding carboxylic acids is 1. The summed E-state index contributed by atoms with van der Waals surface area (Å²) in [7, 11) is 0. The summed E-state index contributed by atoms with van der Waals surface area (Å²) < 4.78 is 2.38. The van der Waals surface area contributed by atoms with Crippen LogP contribution in [0, 0.1) is 18.8 Å². The largest absolute Gasteiger partial charge is 0.371 e. The summed E-state index contributed by atoms with van der Waals surface area (Å²) >= 11 is 0. The molecule has 2 amide bonds. The lowest BCUT2D eigenvalue weighted by molar-refractivity contribution is 0.246. The molecule has 1 aliphatic carbocycles. The Labute approximate surface area is 173 Å². The summed E-state index contributed by atoms with van der Waals surface area (Å²) in [6.07, 6.45) is 1.81. The number of benzene rings is 1. The molecule has 2 heterocycles. The van der Waals surface area contributed by atoms with E-state index in [4.69, 9.17) is 17.3 Å². The zero-order chi connectivity index (χ0) is 21.7. The third-order valence-electron chi connectivity index (χ3n) is 6.49. The van der Waals surface area contributed by atoms with Crippen LogP contribution in [0.15, 0.2) is 21.7 Å². The molecule has 2 fully saturated rings. The van der Waals surface area contributed by atoms with Gasteiger partial charge in [0.2, 0.25) is 0 Å². The number of rotatable bonds is 5. The minimum absolute atomic E-state index is 0.0860. The normalized spacial score (nSPS) is 22.4. The highest BCUT2D eigenvalue weighted by Gasteiger charge is 2.35. The molecular weight excluding hydrogens is 386 g/mol. The van der Waals surface area contributed by atoms with Gasteiger partial charge in [0.1, 0.15) is 0 Å². The number of urea groups is 1. The lowest BCUT2D eigenvalue weighted by atomic mass is 9.91. The maximum Gasteiger partial charge on any atom is 0.350 e. The Bertz CT molecular complexity index is 1120. The van der Waals surface area contributed by atoms with Crippen molar-refractivity contribution in [1.29, 1.82) is 0 Å². The first kappa shape index (κ1) is 20.3. The number of anilines is 1. The number of carbonyl (C=O) groups is 1. The third-order valence-corrected chi connectivity index (χ3v) is 6.49. The van der Waals surface area contributed by atoms with E-state index in [1.807, 2.05) is 13.0 Å². The quantitative estimate of drug-likeness (QED) is 0.487. The van der Waals surface area contributed by atoms with Gasteiger partial charge in [-0.05, 0) is 49.3 Å². The SMILES string of the molecule is Cc1c(N2C[C@H]([C@H](N)CNC(N)=O)[C@@H](C)C2)ccc2c(=O)n(N)c(=O)n(C3CC3)c12. The zero-order valence-corrected chi connectivity index (χ0v) is 17.3. The number of nitrogens with two attached hydrogens (primary N) is 3. The molecule has 0 radical (unpaired) electrons. The molecule has 1 saturated heterocycles. The van der Waals surface area contributed by atoms with Crippen molar-refractivity contribution in [3.8, 4) is 0 Å². The predicted molar refractivity (Wildman–Crippen MR) is 116 cm³/mol. The van der Waals surface area contributed by atoms with E-state index in [2.05, 4.69) is 17.1 Å². The highest BCUT2D eigenvalue weighted by atomic mass is 16.2. The number of hydrogen-bond donors (Lipinski definition) is 4. The molecular formula is C20H29N7O3. The number of aromatic nitrogens is 2. The Balaban J connectivity index is 1.72. The fourth-order valence-corrected chi connectivity index (χ4v) is 4.73. The summed E-state index contributed by atoms with van der Waals surface area (Å²) in [6, 6.07) is 2.97. The van der Waals surface area contributed by atoms with Crippen molar-refractivity contribution < 1.29 is 4.79 Å². The van der Waals surface area contributed by atoms with Crippen LogP contribution in [0.1, 0.15) is 31.4 Å². The van der Waals surface area contributed by atoms with E-state index in [0.717, 1.165) is 37.2 Å². The number of nitrogens with one attached hydrogen (secondary N) is 1. The van der Waals surface area contributed by atoms with Gasteiger partial charge >= 0.3 is 11.7 Å². The summed E-state index contributed by atoms with van der Waals surface area (Å²) in [4.78, 5) is 38.6. The van der Waals surface area contributed by atoms with E-state index >= 15 is 0 Å². The molecule has 10 heteroatoms. The van der Waals surface area contributed by atoms with Gasteiger partial charge in [0.15, 0.2) is 0 Å². The Morgan fingerprint density at radius 1 is 1.27 bits per heavy atom. The molecule has 0 spiro atoms. The van der Waals surface area contributed by atoms with Gasteiger partial charge in [-0.2, -0.15) is 4.68 Å². The molecule has 1 saturated carbocycles. The van der Waals surface area contributed by atoms with Crippen molar-refractivity contribution in [2.45, 2.75) is 38.8 Å². The highest BCUT2D eigenvalue weighted by molar-refractivity contribution is 5.87. The van der Waals surface area contributed by atoms with Crippen molar-refractivity contribution in [2.75, 3.05) is 30.4 Å². The summed E-state index contributed by atoms with van der Waals surface area (Å²) in [5.41, 5.74) is 13.1. The van der Waals surface area contributed by atoms with Crippen molar-refractivity contribution in [3.05, 3.63) is 38.5 Å². The van der Waals surface area contributed by atoms with E-state index < -0.39 is 17.3 Å². The number of hydrogen-bond acceptors (Lipinski definition) is 6. The second-order valence-corrected chi connectivity index (χ2v) is 8.62. The standard InChI is InChI=1S/C20H29N7O3/c1-10-8-25(9-14(10)15(21)7-24-19(22)29)16-6-5-13-17(11(16)2)26(12-3-4-12)20(30)27(23)18(13)28/h5-6,10,12,14-15H,3-4,7-9,21,23H2,1-2H3,(H3,22,24,29)/t10-,14-,15+/m0/s1. The van der Waals surface area contributed by atoms with Crippen LogP contribution < -0.4 is 38.8 Å². The maximum absolute atomic E-state index is 12.7. The van der Waals surface area contributed by atoms with Gasteiger partial charge in [-0.25, -0.2) is 9.59 Å². The van der Waals surface area contributed by atoms with E-state index in [-0.39, 0.29) is 18.0 Å². The Morgan fingerprint density at radius 2 is 1.97 bits per heavy atom. The predicted octanol–water partition coefficient (Wildman–Crippen LogP) is -0.412. The van der Waals surface area contributed by atoms with Gasteiger partial charge in [-0.15, -0.1) is 0 Å². The van der Waals surface area contributed by atoms with Crippen LogP contribution in [0.5, 0.6) is 0 Å². The fourth-order valence-electron chi connectivity index (χ4n) is 4.73. The van der Waals surface area contributed by atoms with Crippen LogP contribution in [0.3, 0.4) is 0 Å². The number of fused-ring (bicyclic) bond motifs is 1. The van der Waals surface area contributed by atoms with Crippen molar-refractivity contribution in [3.63, 3.8) is 0 Å². The van der Waals surface area contributed by atoms with Gasteiger partial charge in [0, 0.05) is 37.4 Å². The fraction of sp³-hybridized carbons (Fsp3) is 0.550. The number of aryl methyl sites for hydroxylation is 1. The van der Waals surface area contributed by atoms with Gasteiger partial charge < -0.3 is 27.5 Å². The summed E-state index contributed by atoms with van der Waals surface area (Å²) in [6.45, 7) is 5.92.